The number of benzene rings is 2. The summed E-state index contributed by atoms with van der Waals surface area (Å²) in [5.41, 5.74) is -0.0533. The van der Waals surface area contributed by atoms with Gasteiger partial charge in [-0.3, -0.25) is 14.9 Å². The summed E-state index contributed by atoms with van der Waals surface area (Å²) < 4.78 is 24.5. The van der Waals surface area contributed by atoms with Crippen molar-refractivity contribution in [1.82, 2.24) is 0 Å². The van der Waals surface area contributed by atoms with Crippen LogP contribution in [0.25, 0.3) is 0 Å². The SMILES string of the molecule is O=C(CS(=O)(=O)c1ccc([N+](=O)[O-])cc1Cl)c1ccccc1. The molecule has 0 atom stereocenters. The van der Waals surface area contributed by atoms with Crippen LogP contribution in [-0.2, 0) is 9.84 Å². The Kier molecular flexibility index (Phi) is 4.58. The molecule has 0 fully saturated rings. The molecule has 0 aliphatic heterocycles. The number of sulfone groups is 1. The van der Waals surface area contributed by atoms with Gasteiger partial charge in [-0.2, -0.15) is 0 Å². The molecule has 0 amide bonds. The highest BCUT2D eigenvalue weighted by Gasteiger charge is 2.24. The number of hydrogen-bond acceptors (Lipinski definition) is 5. The topological polar surface area (TPSA) is 94.3 Å². The van der Waals surface area contributed by atoms with E-state index in [9.17, 15) is 23.3 Å². The van der Waals surface area contributed by atoms with E-state index in [0.717, 1.165) is 18.2 Å². The smallest absolute Gasteiger partial charge is 0.271 e. The highest BCUT2D eigenvalue weighted by Crippen LogP contribution is 2.27. The Balaban J connectivity index is 2.31. The molecule has 2 rings (SSSR count). The summed E-state index contributed by atoms with van der Waals surface area (Å²) in [4.78, 5) is 21.6. The Hall–Kier alpha value is -2.25. The lowest BCUT2D eigenvalue weighted by atomic mass is 10.2. The van der Waals surface area contributed by atoms with Gasteiger partial charge < -0.3 is 0 Å². The van der Waals surface area contributed by atoms with E-state index in [-0.39, 0.29) is 21.2 Å². The first kappa shape index (κ1) is 16.1. The molecule has 2 aromatic carbocycles. The third-order valence-electron chi connectivity index (χ3n) is 2.88. The molecule has 0 N–H and O–H groups in total. The molecule has 0 bridgehead atoms. The lowest BCUT2D eigenvalue weighted by Crippen LogP contribution is -2.16. The average Bonchev–Trinajstić information content (AvgIpc) is 2.47. The van der Waals surface area contributed by atoms with Crippen molar-refractivity contribution in [2.24, 2.45) is 0 Å². The molecular weight excluding hydrogens is 330 g/mol. The molecule has 0 unspecified atom stereocenters. The first-order chi connectivity index (χ1) is 10.3. The summed E-state index contributed by atoms with van der Waals surface area (Å²) in [7, 11) is -3.98. The third-order valence-corrected chi connectivity index (χ3v) is 4.97. The van der Waals surface area contributed by atoms with Crippen LogP contribution in [0, 0.1) is 10.1 Å². The largest absolute Gasteiger partial charge is 0.293 e. The van der Waals surface area contributed by atoms with Gasteiger partial charge in [-0.25, -0.2) is 8.42 Å². The maximum absolute atomic E-state index is 12.2. The average molecular weight is 340 g/mol. The van der Waals surface area contributed by atoms with E-state index in [2.05, 4.69) is 0 Å². The molecule has 0 aromatic heterocycles. The number of non-ortho nitro benzene ring substituents is 1. The van der Waals surface area contributed by atoms with Crippen molar-refractivity contribution >= 4 is 32.9 Å². The molecule has 0 saturated carbocycles. The second-order valence-electron chi connectivity index (χ2n) is 4.42. The van der Waals surface area contributed by atoms with Crippen LogP contribution in [0.15, 0.2) is 53.4 Å². The third kappa shape index (κ3) is 3.49. The van der Waals surface area contributed by atoms with Crippen LogP contribution >= 0.6 is 11.6 Å². The van der Waals surface area contributed by atoms with Crippen molar-refractivity contribution in [2.75, 3.05) is 5.75 Å². The van der Waals surface area contributed by atoms with Crippen LogP contribution in [0.2, 0.25) is 5.02 Å². The van der Waals surface area contributed by atoms with Gasteiger partial charge in [0.05, 0.1) is 14.8 Å². The summed E-state index contributed by atoms with van der Waals surface area (Å²) in [5.74, 6) is -1.33. The molecular formula is C14H10ClNO5S. The zero-order chi connectivity index (χ0) is 16.3. The predicted molar refractivity (Wildman–Crippen MR) is 80.9 cm³/mol. The van der Waals surface area contributed by atoms with Crippen LogP contribution < -0.4 is 0 Å². The molecule has 0 saturated heterocycles. The number of nitro groups is 1. The maximum atomic E-state index is 12.2. The van der Waals surface area contributed by atoms with Gasteiger partial charge in [-0.05, 0) is 6.07 Å². The number of ketones is 1. The van der Waals surface area contributed by atoms with E-state index in [0.29, 0.717) is 0 Å². The van der Waals surface area contributed by atoms with Gasteiger partial charge in [0, 0.05) is 17.7 Å². The van der Waals surface area contributed by atoms with Gasteiger partial charge in [0.2, 0.25) is 0 Å². The number of hydrogen-bond donors (Lipinski definition) is 0. The lowest BCUT2D eigenvalue weighted by molar-refractivity contribution is -0.384. The number of nitro benzene ring substituents is 1. The fourth-order valence-electron chi connectivity index (χ4n) is 1.81. The number of carbonyl (C=O) groups is 1. The van der Waals surface area contributed by atoms with Crippen molar-refractivity contribution in [1.29, 1.82) is 0 Å². The summed E-state index contributed by atoms with van der Waals surface area (Å²) in [6, 6.07) is 11.0. The van der Waals surface area contributed by atoms with Gasteiger partial charge in [-0.1, -0.05) is 41.9 Å². The monoisotopic (exact) mass is 339 g/mol. The molecule has 0 spiro atoms. The number of Topliss-reactive ketones (excluding diaryl/α,β-unsaturated/α-hetero) is 1. The number of halogens is 1. The summed E-state index contributed by atoms with van der Waals surface area (Å²) >= 11 is 5.79. The Morgan fingerprint density at radius 3 is 2.32 bits per heavy atom. The molecule has 8 heteroatoms. The molecule has 2 aromatic rings. The zero-order valence-corrected chi connectivity index (χ0v) is 12.7. The summed E-state index contributed by atoms with van der Waals surface area (Å²) in [5, 5.41) is 10.3. The second kappa shape index (κ2) is 6.25. The van der Waals surface area contributed by atoms with Gasteiger partial charge >= 0.3 is 0 Å². The quantitative estimate of drug-likeness (QED) is 0.474. The first-order valence-corrected chi connectivity index (χ1v) is 8.09. The highest BCUT2D eigenvalue weighted by atomic mass is 35.5. The Morgan fingerprint density at radius 1 is 1.14 bits per heavy atom. The second-order valence-corrected chi connectivity index (χ2v) is 6.79. The lowest BCUT2D eigenvalue weighted by Gasteiger charge is -2.06. The van der Waals surface area contributed by atoms with Crippen molar-refractivity contribution < 1.29 is 18.1 Å². The molecule has 0 radical (unpaired) electrons. The molecule has 22 heavy (non-hydrogen) atoms. The minimum absolute atomic E-state index is 0.268. The van der Waals surface area contributed by atoms with E-state index in [4.69, 9.17) is 11.6 Å². The standard InChI is InChI=1S/C14H10ClNO5S/c15-12-8-11(16(18)19)6-7-14(12)22(20,21)9-13(17)10-4-2-1-3-5-10/h1-8H,9H2. The minimum atomic E-state index is -3.98. The molecule has 114 valence electrons. The minimum Gasteiger partial charge on any atom is -0.293 e. The van der Waals surface area contributed by atoms with Crippen molar-refractivity contribution in [3.05, 3.63) is 69.2 Å². The van der Waals surface area contributed by atoms with Gasteiger partial charge in [0.1, 0.15) is 5.75 Å². The Bertz CT molecular complexity index is 834. The zero-order valence-electron chi connectivity index (χ0n) is 11.1. The number of carbonyl (C=O) groups excluding carboxylic acids is 1. The Morgan fingerprint density at radius 2 is 1.77 bits per heavy atom. The van der Waals surface area contributed by atoms with E-state index in [1.54, 1.807) is 18.2 Å². The fraction of sp³-hybridized carbons (Fsp3) is 0.0714. The van der Waals surface area contributed by atoms with Crippen molar-refractivity contribution in [3.8, 4) is 0 Å². The van der Waals surface area contributed by atoms with Crippen LogP contribution in [0.3, 0.4) is 0 Å². The maximum Gasteiger partial charge on any atom is 0.271 e. The highest BCUT2D eigenvalue weighted by molar-refractivity contribution is 7.92. The number of rotatable bonds is 5. The predicted octanol–water partition coefficient (Wildman–Crippen LogP) is 2.90. The van der Waals surface area contributed by atoms with Crippen LogP contribution in [-0.4, -0.2) is 24.9 Å². The first-order valence-electron chi connectivity index (χ1n) is 6.06. The molecule has 6 nitrogen and oxygen atoms in total. The normalized spacial score (nSPS) is 11.1. The van der Waals surface area contributed by atoms with Gasteiger partial charge in [0.15, 0.2) is 15.6 Å². The summed E-state index contributed by atoms with van der Waals surface area (Å²) in [6.07, 6.45) is 0. The van der Waals surface area contributed by atoms with Crippen LogP contribution in [0.4, 0.5) is 5.69 Å². The van der Waals surface area contributed by atoms with Crippen LogP contribution in [0.1, 0.15) is 10.4 Å². The molecule has 0 heterocycles. The molecule has 0 aliphatic rings. The Labute approximate surface area is 131 Å². The van der Waals surface area contributed by atoms with Crippen LogP contribution in [0.5, 0.6) is 0 Å². The van der Waals surface area contributed by atoms with E-state index < -0.39 is 26.3 Å². The van der Waals surface area contributed by atoms with Gasteiger partial charge in [0.25, 0.3) is 5.69 Å². The van der Waals surface area contributed by atoms with Gasteiger partial charge in [-0.15, -0.1) is 0 Å². The van der Waals surface area contributed by atoms with E-state index >= 15 is 0 Å². The van der Waals surface area contributed by atoms with Crippen molar-refractivity contribution in [3.63, 3.8) is 0 Å². The molecule has 0 aliphatic carbocycles. The fourth-order valence-corrected chi connectivity index (χ4v) is 3.64. The van der Waals surface area contributed by atoms with E-state index in [1.165, 1.54) is 12.1 Å². The van der Waals surface area contributed by atoms with Crippen molar-refractivity contribution in [2.45, 2.75) is 4.90 Å². The summed E-state index contributed by atoms with van der Waals surface area (Å²) in [6.45, 7) is 0. The number of nitrogens with zero attached hydrogens (tertiary/aromatic N) is 1. The van der Waals surface area contributed by atoms with E-state index in [1.807, 2.05) is 0 Å².